The van der Waals surface area contributed by atoms with Crippen LogP contribution < -0.4 is 11.5 Å². The van der Waals surface area contributed by atoms with E-state index >= 15 is 0 Å². The van der Waals surface area contributed by atoms with E-state index in [-0.39, 0.29) is 23.0 Å². The van der Waals surface area contributed by atoms with Gasteiger partial charge in [-0.3, -0.25) is 9.59 Å². The molecule has 0 fully saturated rings. The fraction of sp³-hybridized carbons (Fsp3) is 0.684. The zero-order chi connectivity index (χ0) is 23.2. The van der Waals surface area contributed by atoms with Crippen LogP contribution >= 0.6 is 0 Å². The number of nitrogen functional groups attached to an aromatic ring is 2. The lowest BCUT2D eigenvalue weighted by Gasteiger charge is -2.24. The molecule has 0 aliphatic carbocycles. The Balaban J connectivity index is 3.11. The average molecular weight is 443 g/mol. The van der Waals surface area contributed by atoms with Crippen LogP contribution in [0.5, 0.6) is 0 Å². The zero-order valence-corrected chi connectivity index (χ0v) is 18.8. The highest BCUT2D eigenvalue weighted by molar-refractivity contribution is 6.00. The van der Waals surface area contributed by atoms with E-state index in [2.05, 4.69) is 9.97 Å². The van der Waals surface area contributed by atoms with Crippen molar-refractivity contribution in [1.29, 1.82) is 0 Å². The van der Waals surface area contributed by atoms with Crippen LogP contribution in [-0.4, -0.2) is 113 Å². The molecule has 1 aromatic heterocycles. The Kier molecular flexibility index (Phi) is 12.4. The zero-order valence-electron chi connectivity index (χ0n) is 18.8. The molecule has 1 heterocycles. The third-order valence-electron chi connectivity index (χ3n) is 4.40. The predicted molar refractivity (Wildman–Crippen MR) is 115 cm³/mol. The van der Waals surface area contributed by atoms with Gasteiger partial charge < -0.3 is 40.2 Å². The highest BCUT2D eigenvalue weighted by Crippen LogP contribution is 2.17. The molecule has 0 aromatic carbocycles. The topological polar surface area (TPSA) is 155 Å². The summed E-state index contributed by atoms with van der Waals surface area (Å²) < 4.78 is 20.2. The molecule has 0 radical (unpaired) electrons. The van der Waals surface area contributed by atoms with Gasteiger partial charge in [0.15, 0.2) is 23.0 Å². The molecule has 2 amide bonds. The summed E-state index contributed by atoms with van der Waals surface area (Å²) in [5.74, 6) is -1.26. The van der Waals surface area contributed by atoms with Crippen molar-refractivity contribution in [2.75, 3.05) is 92.5 Å². The van der Waals surface area contributed by atoms with Crippen molar-refractivity contribution in [2.45, 2.75) is 6.42 Å². The number of carbonyl (C=O) groups excluding carboxylic acids is 2. The summed E-state index contributed by atoms with van der Waals surface area (Å²) in [6, 6.07) is 0. The SMILES string of the molecule is COCCCN(CCOC)C(=O)c1nc(N)c(C(=O)N(CCOC)CCOC)nc1N. The summed E-state index contributed by atoms with van der Waals surface area (Å²) in [5, 5.41) is 0. The second kappa shape index (κ2) is 14.5. The van der Waals surface area contributed by atoms with Crippen LogP contribution in [0, 0.1) is 0 Å². The monoisotopic (exact) mass is 442 g/mol. The first kappa shape index (κ1) is 26.5. The van der Waals surface area contributed by atoms with Gasteiger partial charge in [-0.2, -0.15) is 0 Å². The van der Waals surface area contributed by atoms with Gasteiger partial charge in [0, 0.05) is 61.2 Å². The molecule has 1 aromatic rings. The van der Waals surface area contributed by atoms with Crippen LogP contribution in [-0.2, 0) is 18.9 Å². The number of anilines is 2. The summed E-state index contributed by atoms with van der Waals surface area (Å²) >= 11 is 0. The molecule has 176 valence electrons. The maximum atomic E-state index is 13.0. The van der Waals surface area contributed by atoms with E-state index in [1.54, 1.807) is 14.2 Å². The molecule has 0 aliphatic rings. The molecule has 0 aliphatic heterocycles. The molecule has 0 bridgehead atoms. The first-order chi connectivity index (χ1) is 14.9. The highest BCUT2D eigenvalue weighted by Gasteiger charge is 2.26. The normalized spacial score (nSPS) is 10.8. The molecule has 0 atom stereocenters. The number of amides is 2. The third-order valence-corrected chi connectivity index (χ3v) is 4.40. The Labute approximate surface area is 182 Å². The second-order valence-corrected chi connectivity index (χ2v) is 6.60. The maximum Gasteiger partial charge on any atom is 0.276 e. The van der Waals surface area contributed by atoms with Crippen molar-refractivity contribution >= 4 is 23.5 Å². The minimum absolute atomic E-state index is 0.108. The quantitative estimate of drug-likeness (QED) is 0.340. The van der Waals surface area contributed by atoms with E-state index in [4.69, 9.17) is 30.4 Å². The molecule has 0 saturated carbocycles. The van der Waals surface area contributed by atoms with E-state index < -0.39 is 11.8 Å². The fourth-order valence-corrected chi connectivity index (χ4v) is 2.71. The van der Waals surface area contributed by atoms with Crippen molar-refractivity contribution in [3.8, 4) is 0 Å². The molecule has 31 heavy (non-hydrogen) atoms. The molecular formula is C19H34N6O6. The van der Waals surface area contributed by atoms with Crippen LogP contribution in [0.25, 0.3) is 0 Å². The molecule has 0 unspecified atom stereocenters. The maximum absolute atomic E-state index is 13.0. The van der Waals surface area contributed by atoms with Crippen LogP contribution in [0.1, 0.15) is 27.4 Å². The van der Waals surface area contributed by atoms with Crippen LogP contribution in [0.3, 0.4) is 0 Å². The minimum Gasteiger partial charge on any atom is -0.385 e. The van der Waals surface area contributed by atoms with Gasteiger partial charge in [-0.05, 0) is 6.42 Å². The van der Waals surface area contributed by atoms with Gasteiger partial charge >= 0.3 is 0 Å². The van der Waals surface area contributed by atoms with Crippen molar-refractivity contribution in [3.63, 3.8) is 0 Å². The molecule has 12 nitrogen and oxygen atoms in total. The molecule has 0 spiro atoms. The van der Waals surface area contributed by atoms with Gasteiger partial charge in [0.05, 0.1) is 19.8 Å². The third kappa shape index (κ3) is 8.25. The van der Waals surface area contributed by atoms with E-state index in [1.807, 2.05) is 0 Å². The molecule has 1 rings (SSSR count). The van der Waals surface area contributed by atoms with Crippen LogP contribution in [0.4, 0.5) is 11.6 Å². The number of carbonyl (C=O) groups is 2. The number of aromatic nitrogens is 2. The van der Waals surface area contributed by atoms with Crippen molar-refractivity contribution in [1.82, 2.24) is 19.8 Å². The lowest BCUT2D eigenvalue weighted by atomic mass is 10.2. The summed E-state index contributed by atoms with van der Waals surface area (Å²) in [5.41, 5.74) is 11.8. The number of methoxy groups -OCH3 is 4. The molecule has 12 heteroatoms. The summed E-state index contributed by atoms with van der Waals surface area (Å²) in [6.07, 6.45) is 0.624. The van der Waals surface area contributed by atoms with Crippen molar-refractivity contribution < 1.29 is 28.5 Å². The van der Waals surface area contributed by atoms with Gasteiger partial charge in [0.2, 0.25) is 0 Å². The van der Waals surface area contributed by atoms with E-state index in [9.17, 15) is 9.59 Å². The minimum atomic E-state index is -0.471. The number of nitrogens with two attached hydrogens (primary N) is 2. The fourth-order valence-electron chi connectivity index (χ4n) is 2.71. The summed E-state index contributed by atoms with van der Waals surface area (Å²) in [4.78, 5) is 37.1. The van der Waals surface area contributed by atoms with Crippen LogP contribution in [0.15, 0.2) is 0 Å². The first-order valence-corrected chi connectivity index (χ1v) is 9.88. The van der Waals surface area contributed by atoms with E-state index in [1.165, 1.54) is 24.0 Å². The highest BCUT2D eigenvalue weighted by atomic mass is 16.5. The standard InChI is InChI=1S/C19H34N6O6/c1-28-10-5-6-24(7-11-29-2)18(26)14-16(20)23-15(17(21)22-14)19(27)25(8-12-30-3)9-13-31-4/h5-13H2,1-4H3,(H2,20,23)(H2,21,22). The number of rotatable bonds is 15. The summed E-state index contributed by atoms with van der Waals surface area (Å²) in [6.45, 7) is 2.85. The molecule has 0 saturated heterocycles. The van der Waals surface area contributed by atoms with Gasteiger partial charge in [-0.15, -0.1) is 0 Å². The Bertz CT molecular complexity index is 697. The number of hydrogen-bond acceptors (Lipinski definition) is 10. The number of hydrogen-bond donors (Lipinski definition) is 2. The Hall–Kier alpha value is -2.54. The predicted octanol–water partition coefficient (Wildman–Crippen LogP) is -0.499. The van der Waals surface area contributed by atoms with E-state index in [0.717, 1.165) is 0 Å². The second-order valence-electron chi connectivity index (χ2n) is 6.60. The molecule has 4 N–H and O–H groups in total. The first-order valence-electron chi connectivity index (χ1n) is 9.88. The smallest absolute Gasteiger partial charge is 0.276 e. The lowest BCUT2D eigenvalue weighted by Crippen LogP contribution is -2.39. The largest absolute Gasteiger partial charge is 0.385 e. The average Bonchev–Trinajstić information content (AvgIpc) is 2.76. The van der Waals surface area contributed by atoms with Gasteiger partial charge in [-0.1, -0.05) is 0 Å². The molecular weight excluding hydrogens is 408 g/mol. The van der Waals surface area contributed by atoms with Gasteiger partial charge in [-0.25, -0.2) is 9.97 Å². The van der Waals surface area contributed by atoms with Crippen LogP contribution in [0.2, 0.25) is 0 Å². The van der Waals surface area contributed by atoms with Gasteiger partial charge in [0.1, 0.15) is 0 Å². The Morgan fingerprint density at radius 3 is 1.39 bits per heavy atom. The summed E-state index contributed by atoms with van der Waals surface area (Å²) in [7, 11) is 6.20. The lowest BCUT2D eigenvalue weighted by molar-refractivity contribution is 0.0620. The van der Waals surface area contributed by atoms with E-state index in [0.29, 0.717) is 59.0 Å². The van der Waals surface area contributed by atoms with Gasteiger partial charge in [0.25, 0.3) is 11.8 Å². The van der Waals surface area contributed by atoms with Crippen molar-refractivity contribution in [3.05, 3.63) is 11.4 Å². The van der Waals surface area contributed by atoms with Crippen molar-refractivity contribution in [2.24, 2.45) is 0 Å². The number of nitrogens with zero attached hydrogens (tertiary/aromatic N) is 4. The Morgan fingerprint density at radius 1 is 0.677 bits per heavy atom. The number of ether oxygens (including phenoxy) is 4. The Morgan fingerprint density at radius 2 is 1.03 bits per heavy atom.